The zero-order valence-electron chi connectivity index (χ0n) is 15.8. The molecule has 1 unspecified atom stereocenters. The minimum absolute atomic E-state index is 0.127. The monoisotopic (exact) mass is 323 g/mol. The van der Waals surface area contributed by atoms with E-state index in [9.17, 15) is 4.79 Å². The van der Waals surface area contributed by atoms with Gasteiger partial charge in [0.1, 0.15) is 5.76 Å². The summed E-state index contributed by atoms with van der Waals surface area (Å²) in [6.45, 7) is 16.8. The fourth-order valence-corrected chi connectivity index (χ4v) is 3.34. The molecule has 0 bridgehead atoms. The summed E-state index contributed by atoms with van der Waals surface area (Å²) in [7, 11) is 0. The van der Waals surface area contributed by atoms with Gasteiger partial charge >= 0.3 is 0 Å². The number of hydrogen-bond acceptors (Lipinski definition) is 4. The first-order valence-electron chi connectivity index (χ1n) is 8.78. The fraction of sp³-hybridized carbons (Fsp3) is 0.778. The summed E-state index contributed by atoms with van der Waals surface area (Å²) >= 11 is 0. The molecule has 1 aromatic rings. The minimum atomic E-state index is -0.391. The Labute approximate surface area is 140 Å². The number of aryl methyl sites for hydroxylation is 1. The maximum absolute atomic E-state index is 12.6. The third-order valence-electron chi connectivity index (χ3n) is 5.11. The van der Waals surface area contributed by atoms with Crippen molar-refractivity contribution in [3.63, 3.8) is 0 Å². The Morgan fingerprint density at radius 1 is 1.22 bits per heavy atom. The molecule has 0 aliphatic rings. The van der Waals surface area contributed by atoms with E-state index < -0.39 is 5.54 Å². The van der Waals surface area contributed by atoms with Crippen molar-refractivity contribution in [3.8, 4) is 0 Å². The number of aromatic nitrogens is 1. The predicted molar refractivity (Wildman–Crippen MR) is 93.7 cm³/mol. The molecule has 1 rings (SSSR count). The van der Waals surface area contributed by atoms with Gasteiger partial charge in [-0.05, 0) is 40.3 Å². The highest BCUT2D eigenvalue weighted by Crippen LogP contribution is 2.33. The van der Waals surface area contributed by atoms with Crippen LogP contribution in [0.3, 0.4) is 0 Å². The van der Waals surface area contributed by atoms with Gasteiger partial charge in [0.15, 0.2) is 5.69 Å². The van der Waals surface area contributed by atoms with Crippen LogP contribution in [0, 0.1) is 0 Å². The lowest BCUT2D eigenvalue weighted by Crippen LogP contribution is -2.66. The van der Waals surface area contributed by atoms with Crippen LogP contribution in [0.15, 0.2) is 10.6 Å². The van der Waals surface area contributed by atoms with Crippen molar-refractivity contribution >= 4 is 5.91 Å². The van der Waals surface area contributed by atoms with Crippen LogP contribution in [0.1, 0.15) is 77.6 Å². The molecule has 1 amide bonds. The number of nitrogens with zero attached hydrogens (tertiary/aromatic N) is 2. The van der Waals surface area contributed by atoms with E-state index in [1.54, 1.807) is 6.07 Å². The molecule has 0 fully saturated rings. The summed E-state index contributed by atoms with van der Waals surface area (Å²) in [5.74, 6) is 0.556. The van der Waals surface area contributed by atoms with Crippen LogP contribution < -0.4 is 5.32 Å². The van der Waals surface area contributed by atoms with E-state index in [4.69, 9.17) is 4.52 Å². The van der Waals surface area contributed by atoms with E-state index in [2.05, 4.69) is 56.9 Å². The molecule has 1 atom stereocenters. The summed E-state index contributed by atoms with van der Waals surface area (Å²) in [6.07, 6.45) is 2.81. The Bertz CT molecular complexity index is 506. The highest BCUT2D eigenvalue weighted by atomic mass is 16.5. The van der Waals surface area contributed by atoms with Gasteiger partial charge in [0.05, 0.1) is 5.54 Å². The van der Waals surface area contributed by atoms with Gasteiger partial charge in [-0.25, -0.2) is 0 Å². The minimum Gasteiger partial charge on any atom is -0.361 e. The van der Waals surface area contributed by atoms with E-state index in [0.29, 0.717) is 5.69 Å². The van der Waals surface area contributed by atoms with Crippen LogP contribution in [0.5, 0.6) is 0 Å². The molecule has 5 heteroatoms. The standard InChI is InChI=1S/C18H33N3O2/c1-8-12-18(7,21(10-3)11-4)17(5,6)19-16(22)15-13-14(9-2)23-20-15/h13H,8-12H2,1-7H3,(H,19,22). The molecule has 0 saturated carbocycles. The number of amides is 1. The summed E-state index contributed by atoms with van der Waals surface area (Å²) in [5.41, 5.74) is -0.163. The van der Waals surface area contributed by atoms with Gasteiger partial charge in [-0.2, -0.15) is 0 Å². The van der Waals surface area contributed by atoms with Crippen molar-refractivity contribution in [1.82, 2.24) is 15.4 Å². The van der Waals surface area contributed by atoms with E-state index in [1.807, 2.05) is 6.92 Å². The zero-order chi connectivity index (χ0) is 17.7. The topological polar surface area (TPSA) is 58.4 Å². The third-order valence-corrected chi connectivity index (χ3v) is 5.11. The molecule has 0 aliphatic heterocycles. The molecule has 1 N–H and O–H groups in total. The largest absolute Gasteiger partial charge is 0.361 e. The molecule has 0 saturated heterocycles. The number of nitrogens with one attached hydrogen (secondary N) is 1. The molecule has 0 aliphatic carbocycles. The summed E-state index contributed by atoms with van der Waals surface area (Å²) < 4.78 is 5.15. The van der Waals surface area contributed by atoms with Crippen molar-refractivity contribution in [2.75, 3.05) is 13.1 Å². The predicted octanol–water partition coefficient (Wildman–Crippen LogP) is 3.65. The van der Waals surface area contributed by atoms with E-state index >= 15 is 0 Å². The van der Waals surface area contributed by atoms with E-state index in [0.717, 1.165) is 38.1 Å². The van der Waals surface area contributed by atoms with Crippen LogP contribution in [-0.4, -0.2) is 40.1 Å². The van der Waals surface area contributed by atoms with Crippen LogP contribution >= 0.6 is 0 Å². The van der Waals surface area contributed by atoms with E-state index in [-0.39, 0.29) is 11.4 Å². The lowest BCUT2D eigenvalue weighted by atomic mass is 9.75. The van der Waals surface area contributed by atoms with Gasteiger partial charge < -0.3 is 9.84 Å². The maximum atomic E-state index is 12.6. The Morgan fingerprint density at radius 2 is 1.83 bits per heavy atom. The Kier molecular flexibility index (Phi) is 6.81. The van der Waals surface area contributed by atoms with Crippen molar-refractivity contribution in [2.24, 2.45) is 0 Å². The molecule has 0 radical (unpaired) electrons. The fourth-order valence-electron chi connectivity index (χ4n) is 3.34. The number of carbonyl (C=O) groups is 1. The summed E-state index contributed by atoms with van der Waals surface area (Å²) in [4.78, 5) is 15.0. The van der Waals surface area contributed by atoms with Crippen molar-refractivity contribution in [1.29, 1.82) is 0 Å². The van der Waals surface area contributed by atoms with Crippen molar-refractivity contribution in [2.45, 2.75) is 78.8 Å². The molecular weight excluding hydrogens is 290 g/mol. The van der Waals surface area contributed by atoms with E-state index in [1.165, 1.54) is 0 Å². The molecule has 5 nitrogen and oxygen atoms in total. The number of carbonyl (C=O) groups excluding carboxylic acids is 1. The average Bonchev–Trinajstić information content (AvgIpc) is 2.97. The molecule has 23 heavy (non-hydrogen) atoms. The first kappa shape index (κ1) is 19.7. The summed E-state index contributed by atoms with van der Waals surface area (Å²) in [6, 6.07) is 1.72. The number of likely N-dealkylation sites (N-methyl/N-ethyl adjacent to an activating group) is 1. The lowest BCUT2D eigenvalue weighted by Gasteiger charge is -2.51. The van der Waals surface area contributed by atoms with Crippen LogP contribution in [0.2, 0.25) is 0 Å². The molecule has 1 heterocycles. The van der Waals surface area contributed by atoms with Gasteiger partial charge in [0.25, 0.3) is 5.91 Å². The van der Waals surface area contributed by atoms with Crippen LogP contribution in [0.25, 0.3) is 0 Å². The molecule has 132 valence electrons. The number of hydrogen-bond donors (Lipinski definition) is 1. The smallest absolute Gasteiger partial charge is 0.273 e. The first-order chi connectivity index (χ1) is 10.8. The highest BCUT2D eigenvalue weighted by molar-refractivity contribution is 5.92. The Hall–Kier alpha value is -1.36. The second-order valence-corrected chi connectivity index (χ2v) is 6.81. The second-order valence-electron chi connectivity index (χ2n) is 6.81. The molecule has 1 aromatic heterocycles. The van der Waals surface area contributed by atoms with Crippen molar-refractivity contribution in [3.05, 3.63) is 17.5 Å². The van der Waals surface area contributed by atoms with Gasteiger partial charge in [-0.3, -0.25) is 9.69 Å². The first-order valence-corrected chi connectivity index (χ1v) is 8.78. The van der Waals surface area contributed by atoms with Crippen LogP contribution in [-0.2, 0) is 6.42 Å². The molecular formula is C18H33N3O2. The lowest BCUT2D eigenvalue weighted by molar-refractivity contribution is 0.0227. The van der Waals surface area contributed by atoms with Gasteiger partial charge in [-0.15, -0.1) is 0 Å². The zero-order valence-corrected chi connectivity index (χ0v) is 15.8. The Morgan fingerprint density at radius 3 is 2.26 bits per heavy atom. The van der Waals surface area contributed by atoms with Gasteiger partial charge in [0, 0.05) is 18.0 Å². The average molecular weight is 323 g/mol. The quantitative estimate of drug-likeness (QED) is 0.753. The molecule has 0 aromatic carbocycles. The van der Waals surface area contributed by atoms with Gasteiger partial charge in [-0.1, -0.05) is 39.3 Å². The third kappa shape index (κ3) is 4.14. The maximum Gasteiger partial charge on any atom is 0.273 e. The van der Waals surface area contributed by atoms with Gasteiger partial charge in [0.2, 0.25) is 0 Å². The molecule has 0 spiro atoms. The normalized spacial score (nSPS) is 14.8. The highest BCUT2D eigenvalue weighted by Gasteiger charge is 2.45. The van der Waals surface area contributed by atoms with Crippen LogP contribution in [0.4, 0.5) is 0 Å². The van der Waals surface area contributed by atoms with Crippen molar-refractivity contribution < 1.29 is 9.32 Å². The second kappa shape index (κ2) is 7.95. The Balaban J connectivity index is 3.02. The SMILES string of the molecule is CCCC(C)(N(CC)CC)C(C)(C)NC(=O)c1cc(CC)on1. The summed E-state index contributed by atoms with van der Waals surface area (Å²) in [5, 5.41) is 7.07. The number of rotatable bonds is 9.